The highest BCUT2D eigenvalue weighted by molar-refractivity contribution is 5.92. The van der Waals surface area contributed by atoms with Gasteiger partial charge in [0.25, 0.3) is 0 Å². The molecule has 0 heterocycles. The molecule has 7 heteroatoms. The lowest BCUT2D eigenvalue weighted by molar-refractivity contribution is -0.142. The van der Waals surface area contributed by atoms with Gasteiger partial charge >= 0.3 is 12.1 Å². The first-order valence-corrected chi connectivity index (χ1v) is 9.85. The maximum Gasteiger partial charge on any atom is 0.408 e. The average Bonchev–Trinajstić information content (AvgIpc) is 3.05. The summed E-state index contributed by atoms with van der Waals surface area (Å²) in [5.74, 6) is 0.174. The Morgan fingerprint density at radius 2 is 1.65 bits per heavy atom. The molecule has 1 unspecified atom stereocenters. The first-order valence-electron chi connectivity index (χ1n) is 9.85. The molecule has 0 radical (unpaired) electrons. The van der Waals surface area contributed by atoms with E-state index in [0.717, 1.165) is 22.3 Å². The number of terminal acetylenes is 1. The standard InChI is InChI=1S/C24H24N2O5/c1-4-9-20(21(27)28)25-22(29)24(2,3)26-23(30)31-14-19-17-12-7-5-10-15(17)16-11-6-8-13-18(16)19/h1,5-8,10-13,19-20H,9,14H2,2-3H3,(H,25,29)(H,26,30)(H,27,28). The lowest BCUT2D eigenvalue weighted by atomic mass is 9.98. The molecule has 2 aromatic rings. The number of nitrogens with one attached hydrogen (secondary N) is 2. The predicted molar refractivity (Wildman–Crippen MR) is 115 cm³/mol. The monoisotopic (exact) mass is 420 g/mol. The number of aliphatic carboxylic acids is 1. The molecule has 3 N–H and O–H groups in total. The van der Waals surface area contributed by atoms with Crippen molar-refractivity contribution in [2.45, 2.75) is 37.8 Å². The minimum atomic E-state index is -1.40. The van der Waals surface area contributed by atoms with Gasteiger partial charge in [0.15, 0.2) is 0 Å². The minimum absolute atomic E-state index is 0.104. The Kier molecular flexibility index (Phi) is 6.30. The first-order chi connectivity index (χ1) is 14.7. The van der Waals surface area contributed by atoms with E-state index in [1.54, 1.807) is 0 Å². The molecule has 0 saturated heterocycles. The molecule has 0 aromatic heterocycles. The van der Waals surface area contributed by atoms with Crippen molar-refractivity contribution < 1.29 is 24.2 Å². The number of ether oxygens (including phenoxy) is 1. The Bertz CT molecular complexity index is 1010. The molecule has 1 atom stereocenters. The summed E-state index contributed by atoms with van der Waals surface area (Å²) in [6, 6.07) is 14.7. The van der Waals surface area contributed by atoms with Crippen molar-refractivity contribution in [3.63, 3.8) is 0 Å². The quantitative estimate of drug-likeness (QED) is 0.598. The van der Waals surface area contributed by atoms with Crippen LogP contribution in [-0.4, -0.2) is 41.3 Å². The third-order valence-corrected chi connectivity index (χ3v) is 5.25. The number of fused-ring (bicyclic) bond motifs is 3. The Morgan fingerprint density at radius 3 is 2.16 bits per heavy atom. The van der Waals surface area contributed by atoms with E-state index in [1.807, 2.05) is 48.5 Å². The summed E-state index contributed by atoms with van der Waals surface area (Å²) in [5, 5.41) is 14.0. The van der Waals surface area contributed by atoms with Gasteiger partial charge in [-0.25, -0.2) is 9.59 Å². The van der Waals surface area contributed by atoms with Crippen LogP contribution in [0.3, 0.4) is 0 Å². The van der Waals surface area contributed by atoms with Crippen LogP contribution in [0.2, 0.25) is 0 Å². The predicted octanol–water partition coefficient (Wildman–Crippen LogP) is 2.90. The van der Waals surface area contributed by atoms with Crippen molar-refractivity contribution in [1.29, 1.82) is 0 Å². The second kappa shape index (κ2) is 8.92. The van der Waals surface area contributed by atoms with Crippen LogP contribution in [-0.2, 0) is 14.3 Å². The zero-order valence-electron chi connectivity index (χ0n) is 17.3. The molecule has 7 nitrogen and oxygen atoms in total. The molecule has 31 heavy (non-hydrogen) atoms. The zero-order valence-corrected chi connectivity index (χ0v) is 17.3. The second-order valence-corrected chi connectivity index (χ2v) is 7.85. The molecule has 3 rings (SSSR count). The highest BCUT2D eigenvalue weighted by Gasteiger charge is 2.34. The van der Waals surface area contributed by atoms with Gasteiger partial charge in [-0.1, -0.05) is 48.5 Å². The number of carboxylic acid groups (broad SMARTS) is 1. The Hall–Kier alpha value is -3.79. The third kappa shape index (κ3) is 4.69. The lowest BCUT2D eigenvalue weighted by Gasteiger charge is -2.26. The third-order valence-electron chi connectivity index (χ3n) is 5.25. The van der Waals surface area contributed by atoms with Crippen molar-refractivity contribution >= 4 is 18.0 Å². The fourth-order valence-corrected chi connectivity index (χ4v) is 3.60. The highest BCUT2D eigenvalue weighted by atomic mass is 16.5. The molecule has 2 amide bonds. The summed E-state index contributed by atoms with van der Waals surface area (Å²) < 4.78 is 5.45. The average molecular weight is 420 g/mol. The number of carbonyl (C=O) groups is 3. The molecular formula is C24H24N2O5. The lowest BCUT2D eigenvalue weighted by Crippen LogP contribution is -2.57. The number of carbonyl (C=O) groups excluding carboxylic acids is 2. The molecule has 1 aliphatic rings. The Labute approximate surface area is 180 Å². The number of benzene rings is 2. The second-order valence-electron chi connectivity index (χ2n) is 7.85. The Morgan fingerprint density at radius 1 is 1.10 bits per heavy atom. The Balaban J connectivity index is 1.64. The van der Waals surface area contributed by atoms with Crippen molar-refractivity contribution in [1.82, 2.24) is 10.6 Å². The fourth-order valence-electron chi connectivity index (χ4n) is 3.60. The van der Waals surface area contributed by atoms with Gasteiger partial charge in [-0.05, 0) is 36.1 Å². The molecular weight excluding hydrogens is 396 g/mol. The molecule has 2 aromatic carbocycles. The van der Waals surface area contributed by atoms with E-state index in [4.69, 9.17) is 16.3 Å². The van der Waals surface area contributed by atoms with Gasteiger partial charge in [-0.3, -0.25) is 4.79 Å². The number of rotatable bonds is 7. The molecule has 0 saturated carbocycles. The number of carboxylic acids is 1. The van der Waals surface area contributed by atoms with Crippen LogP contribution >= 0.6 is 0 Å². The highest BCUT2D eigenvalue weighted by Crippen LogP contribution is 2.44. The van der Waals surface area contributed by atoms with Crippen LogP contribution in [0.4, 0.5) is 4.79 Å². The van der Waals surface area contributed by atoms with E-state index in [0.29, 0.717) is 0 Å². The van der Waals surface area contributed by atoms with Crippen molar-refractivity contribution in [3.8, 4) is 23.5 Å². The van der Waals surface area contributed by atoms with Gasteiger partial charge in [0, 0.05) is 12.3 Å². The van der Waals surface area contributed by atoms with Gasteiger partial charge in [-0.2, -0.15) is 0 Å². The summed E-state index contributed by atoms with van der Waals surface area (Å²) in [5.41, 5.74) is 2.98. The number of hydrogen-bond donors (Lipinski definition) is 3. The van der Waals surface area contributed by atoms with Gasteiger partial charge < -0.3 is 20.5 Å². The van der Waals surface area contributed by atoms with Crippen LogP contribution in [0.1, 0.15) is 37.3 Å². The number of alkyl carbamates (subject to hydrolysis) is 1. The molecule has 0 spiro atoms. The molecule has 0 fully saturated rings. The van der Waals surface area contributed by atoms with Crippen LogP contribution in [0.5, 0.6) is 0 Å². The number of hydrogen-bond acceptors (Lipinski definition) is 4. The normalized spacial score (nSPS) is 13.3. The molecule has 0 bridgehead atoms. The summed E-state index contributed by atoms with van der Waals surface area (Å²) in [4.78, 5) is 36.1. The van der Waals surface area contributed by atoms with Gasteiger partial charge in [-0.15, -0.1) is 12.3 Å². The van der Waals surface area contributed by atoms with Crippen molar-refractivity contribution in [2.24, 2.45) is 0 Å². The SMILES string of the molecule is C#CCC(NC(=O)C(C)(C)NC(=O)OCC1c2ccccc2-c2ccccc21)C(=O)O. The smallest absolute Gasteiger partial charge is 0.408 e. The summed E-state index contributed by atoms with van der Waals surface area (Å²) in [6.07, 6.45) is 4.21. The maximum atomic E-state index is 12.5. The van der Waals surface area contributed by atoms with Crippen LogP contribution in [0.25, 0.3) is 11.1 Å². The van der Waals surface area contributed by atoms with Gasteiger partial charge in [0.05, 0.1) is 0 Å². The number of amides is 2. The zero-order chi connectivity index (χ0) is 22.6. The first kappa shape index (κ1) is 21.9. The largest absolute Gasteiger partial charge is 0.480 e. The van der Waals surface area contributed by atoms with Crippen molar-refractivity contribution in [2.75, 3.05) is 6.61 Å². The van der Waals surface area contributed by atoms with E-state index in [-0.39, 0.29) is 18.9 Å². The van der Waals surface area contributed by atoms with E-state index in [1.165, 1.54) is 13.8 Å². The van der Waals surface area contributed by atoms with E-state index < -0.39 is 29.6 Å². The summed E-state index contributed by atoms with van der Waals surface area (Å²) in [7, 11) is 0. The molecule has 160 valence electrons. The summed E-state index contributed by atoms with van der Waals surface area (Å²) >= 11 is 0. The minimum Gasteiger partial charge on any atom is -0.480 e. The van der Waals surface area contributed by atoms with Gasteiger partial charge in [0.1, 0.15) is 18.2 Å². The van der Waals surface area contributed by atoms with Crippen LogP contribution in [0.15, 0.2) is 48.5 Å². The van der Waals surface area contributed by atoms with E-state index in [2.05, 4.69) is 16.6 Å². The molecule has 0 aliphatic heterocycles. The fraction of sp³-hybridized carbons (Fsp3) is 0.292. The summed E-state index contributed by atoms with van der Waals surface area (Å²) in [6.45, 7) is 3.02. The van der Waals surface area contributed by atoms with E-state index in [9.17, 15) is 14.4 Å². The van der Waals surface area contributed by atoms with Gasteiger partial charge in [0.2, 0.25) is 5.91 Å². The van der Waals surface area contributed by atoms with Crippen LogP contribution < -0.4 is 10.6 Å². The van der Waals surface area contributed by atoms with Crippen molar-refractivity contribution in [3.05, 3.63) is 59.7 Å². The maximum absolute atomic E-state index is 12.5. The van der Waals surface area contributed by atoms with Crippen LogP contribution in [0, 0.1) is 12.3 Å². The molecule has 1 aliphatic carbocycles. The van der Waals surface area contributed by atoms with E-state index >= 15 is 0 Å². The topological polar surface area (TPSA) is 105 Å².